The molecule has 3 rings (SSSR count). The van der Waals surface area contributed by atoms with Crippen molar-refractivity contribution in [2.24, 2.45) is 7.05 Å². The van der Waals surface area contributed by atoms with E-state index in [0.29, 0.717) is 17.1 Å². The smallest absolute Gasteiger partial charge is 0.263 e. The van der Waals surface area contributed by atoms with Gasteiger partial charge in [-0.1, -0.05) is 25.1 Å². The Morgan fingerprint density at radius 2 is 1.97 bits per heavy atom. The molecule has 0 fully saturated rings. The summed E-state index contributed by atoms with van der Waals surface area (Å²) in [6.45, 7) is 10.5. The number of rotatable bonds is 7. The highest BCUT2D eigenvalue weighted by Gasteiger charge is 2.18. The summed E-state index contributed by atoms with van der Waals surface area (Å²) in [5.41, 5.74) is 3.43. The largest absolute Gasteiger partial charge is 0.322 e. The molecule has 3 heterocycles. The maximum Gasteiger partial charge on any atom is 0.263 e. The first kappa shape index (κ1) is 21.6. The van der Waals surface area contributed by atoms with Crippen LogP contribution in [-0.4, -0.2) is 31.0 Å². The second-order valence-electron chi connectivity index (χ2n) is 7.17. The van der Waals surface area contributed by atoms with Crippen LogP contribution in [0.2, 0.25) is 0 Å². The van der Waals surface area contributed by atoms with Gasteiger partial charge in [-0.25, -0.2) is 4.98 Å². The number of fused-ring (bicyclic) bond motifs is 1. The van der Waals surface area contributed by atoms with E-state index in [-0.39, 0.29) is 17.2 Å². The number of aryl methyl sites for hydroxylation is 4. The van der Waals surface area contributed by atoms with Crippen LogP contribution in [0.15, 0.2) is 9.95 Å². The van der Waals surface area contributed by atoms with Crippen molar-refractivity contribution in [3.05, 3.63) is 32.2 Å². The van der Waals surface area contributed by atoms with Gasteiger partial charge in [0.1, 0.15) is 4.83 Å². The first-order valence-electron chi connectivity index (χ1n) is 9.68. The van der Waals surface area contributed by atoms with E-state index in [0.717, 1.165) is 45.2 Å². The molecule has 29 heavy (non-hydrogen) atoms. The van der Waals surface area contributed by atoms with E-state index in [1.165, 1.54) is 23.1 Å². The van der Waals surface area contributed by atoms with E-state index in [1.54, 1.807) is 9.25 Å². The summed E-state index contributed by atoms with van der Waals surface area (Å²) in [6.07, 6.45) is 1.87. The summed E-state index contributed by atoms with van der Waals surface area (Å²) in [5.74, 6) is 0.0467. The van der Waals surface area contributed by atoms with Gasteiger partial charge < -0.3 is 5.32 Å². The maximum absolute atomic E-state index is 13.1. The Bertz CT molecular complexity index is 1130. The van der Waals surface area contributed by atoms with Crippen LogP contribution >= 0.6 is 23.1 Å². The third kappa shape index (κ3) is 4.25. The van der Waals surface area contributed by atoms with Crippen LogP contribution in [0, 0.1) is 27.7 Å². The minimum atomic E-state index is -0.135. The lowest BCUT2D eigenvalue weighted by atomic mass is 10.2. The van der Waals surface area contributed by atoms with Gasteiger partial charge in [0.25, 0.3) is 5.56 Å². The summed E-state index contributed by atoms with van der Waals surface area (Å²) < 4.78 is 3.47. The maximum atomic E-state index is 13.1. The molecule has 0 spiro atoms. The van der Waals surface area contributed by atoms with Gasteiger partial charge >= 0.3 is 0 Å². The highest BCUT2D eigenvalue weighted by Crippen LogP contribution is 2.28. The third-order valence-electron chi connectivity index (χ3n) is 5.09. The molecule has 3 aromatic heterocycles. The Hall–Kier alpha value is -2.13. The van der Waals surface area contributed by atoms with Crippen LogP contribution in [0.25, 0.3) is 10.2 Å². The predicted molar refractivity (Wildman–Crippen MR) is 120 cm³/mol. The van der Waals surface area contributed by atoms with E-state index in [4.69, 9.17) is 4.98 Å². The summed E-state index contributed by atoms with van der Waals surface area (Å²) in [7, 11) is 1.85. The molecule has 0 unspecified atom stereocenters. The lowest BCUT2D eigenvalue weighted by molar-refractivity contribution is -0.113. The molecule has 3 aromatic rings. The average Bonchev–Trinajstić information content (AvgIpc) is 3.09. The van der Waals surface area contributed by atoms with Gasteiger partial charge in [0, 0.05) is 18.5 Å². The average molecular weight is 434 g/mol. The quantitative estimate of drug-likeness (QED) is 0.451. The molecule has 0 atom stereocenters. The Balaban J connectivity index is 1.86. The molecule has 0 aromatic carbocycles. The molecule has 0 aliphatic rings. The molecule has 7 nitrogen and oxygen atoms in total. The van der Waals surface area contributed by atoms with Gasteiger partial charge in [-0.2, -0.15) is 5.10 Å². The van der Waals surface area contributed by atoms with Crippen molar-refractivity contribution in [2.75, 3.05) is 11.1 Å². The minimum absolute atomic E-state index is 0.00726. The molecule has 0 aliphatic carbocycles. The molecule has 9 heteroatoms. The topological polar surface area (TPSA) is 81.8 Å². The molecule has 0 saturated heterocycles. The third-order valence-corrected chi connectivity index (χ3v) is 7.17. The number of unbranched alkanes of at least 4 members (excludes halogenated alkanes) is 1. The number of amides is 1. The molecule has 1 N–H and O–H groups in total. The van der Waals surface area contributed by atoms with Crippen LogP contribution in [0.3, 0.4) is 0 Å². The van der Waals surface area contributed by atoms with Crippen molar-refractivity contribution in [2.45, 2.75) is 59.2 Å². The van der Waals surface area contributed by atoms with Crippen LogP contribution in [-0.2, 0) is 18.4 Å². The van der Waals surface area contributed by atoms with Crippen molar-refractivity contribution >= 4 is 44.9 Å². The van der Waals surface area contributed by atoms with Crippen LogP contribution in [0.4, 0.5) is 5.69 Å². The fraction of sp³-hybridized carbons (Fsp3) is 0.500. The highest BCUT2D eigenvalue weighted by atomic mass is 32.2. The van der Waals surface area contributed by atoms with Crippen molar-refractivity contribution in [3.8, 4) is 0 Å². The number of aromatic nitrogens is 4. The minimum Gasteiger partial charge on any atom is -0.322 e. The van der Waals surface area contributed by atoms with Gasteiger partial charge in [0.2, 0.25) is 5.91 Å². The number of carbonyl (C=O) groups is 1. The molecular formula is C20H27N5O2S2. The molecule has 0 saturated carbocycles. The van der Waals surface area contributed by atoms with Gasteiger partial charge in [-0.05, 0) is 39.7 Å². The number of thiophene rings is 1. The SMILES string of the molecule is CCCCn1c(SCC(=O)Nc2c(C)nn(C)c2C)nc2sc(C)c(C)c2c1=O. The lowest BCUT2D eigenvalue weighted by Gasteiger charge is -2.12. The second kappa shape index (κ2) is 8.71. The van der Waals surface area contributed by atoms with Crippen LogP contribution in [0.1, 0.15) is 41.6 Å². The number of nitrogens with zero attached hydrogens (tertiary/aromatic N) is 4. The zero-order valence-corrected chi connectivity index (χ0v) is 19.4. The first-order chi connectivity index (χ1) is 13.7. The van der Waals surface area contributed by atoms with E-state index < -0.39 is 0 Å². The number of anilines is 1. The van der Waals surface area contributed by atoms with Crippen molar-refractivity contribution in [3.63, 3.8) is 0 Å². The van der Waals surface area contributed by atoms with Gasteiger partial charge in [-0.3, -0.25) is 18.8 Å². The molecule has 1 amide bonds. The van der Waals surface area contributed by atoms with Gasteiger partial charge in [0.15, 0.2) is 5.16 Å². The number of nitrogens with one attached hydrogen (secondary N) is 1. The monoisotopic (exact) mass is 433 g/mol. The first-order valence-corrected chi connectivity index (χ1v) is 11.5. The van der Waals surface area contributed by atoms with E-state index in [2.05, 4.69) is 17.3 Å². The second-order valence-corrected chi connectivity index (χ2v) is 9.32. The molecular weight excluding hydrogens is 406 g/mol. The van der Waals surface area contributed by atoms with E-state index in [1.807, 2.05) is 34.7 Å². The summed E-state index contributed by atoms with van der Waals surface area (Å²) >= 11 is 2.84. The summed E-state index contributed by atoms with van der Waals surface area (Å²) in [5, 5.41) is 8.58. The lowest BCUT2D eigenvalue weighted by Crippen LogP contribution is -2.24. The van der Waals surface area contributed by atoms with Crippen LogP contribution in [0.5, 0.6) is 0 Å². The fourth-order valence-electron chi connectivity index (χ4n) is 3.19. The van der Waals surface area contributed by atoms with E-state index in [9.17, 15) is 9.59 Å². The number of hydrogen-bond acceptors (Lipinski definition) is 6. The molecule has 0 bridgehead atoms. The van der Waals surface area contributed by atoms with Crippen molar-refractivity contribution in [1.82, 2.24) is 19.3 Å². The summed E-state index contributed by atoms with van der Waals surface area (Å²) in [4.78, 5) is 32.3. The van der Waals surface area contributed by atoms with Gasteiger partial charge in [-0.15, -0.1) is 11.3 Å². The normalized spacial score (nSPS) is 11.4. The number of thioether (sulfide) groups is 1. The van der Waals surface area contributed by atoms with Crippen LogP contribution < -0.4 is 10.9 Å². The molecule has 0 radical (unpaired) electrons. The Morgan fingerprint density at radius 3 is 2.59 bits per heavy atom. The number of carbonyl (C=O) groups excluding carboxylic acids is 1. The standard InChI is InChI=1S/C20H27N5O2S2/c1-7-8-9-25-19(27)16-11(2)14(5)29-18(16)22-20(25)28-10-15(26)21-17-12(3)23-24(6)13(17)4/h7-10H2,1-6H3,(H,21,26). The highest BCUT2D eigenvalue weighted by molar-refractivity contribution is 7.99. The summed E-state index contributed by atoms with van der Waals surface area (Å²) in [6, 6.07) is 0. The van der Waals surface area contributed by atoms with Crippen molar-refractivity contribution in [1.29, 1.82) is 0 Å². The molecule has 0 aliphatic heterocycles. The Kier molecular flexibility index (Phi) is 6.48. The van der Waals surface area contributed by atoms with Gasteiger partial charge in [0.05, 0.1) is 28.2 Å². The zero-order chi connectivity index (χ0) is 21.3. The molecule has 156 valence electrons. The predicted octanol–water partition coefficient (Wildman–Crippen LogP) is 3.96. The number of hydrogen-bond donors (Lipinski definition) is 1. The zero-order valence-electron chi connectivity index (χ0n) is 17.8. The van der Waals surface area contributed by atoms with Crippen molar-refractivity contribution < 1.29 is 4.79 Å². The Morgan fingerprint density at radius 1 is 1.24 bits per heavy atom. The fourth-order valence-corrected chi connectivity index (χ4v) is 5.09. The Labute approximate surface area is 178 Å². The van der Waals surface area contributed by atoms with E-state index >= 15 is 0 Å².